The molecule has 13 nitrogen and oxygen atoms in total. The number of imide groups is 2. The van der Waals surface area contributed by atoms with Crippen molar-refractivity contribution in [2.24, 2.45) is 16.7 Å². The predicted molar refractivity (Wildman–Crippen MR) is 217 cm³/mol. The summed E-state index contributed by atoms with van der Waals surface area (Å²) in [5.41, 5.74) is 1.79. The van der Waals surface area contributed by atoms with E-state index in [1.54, 1.807) is 36.4 Å². The van der Waals surface area contributed by atoms with Crippen LogP contribution in [0.4, 0.5) is 5.69 Å². The molecular weight excluding hydrogens is 774 g/mol. The molecule has 2 saturated carbocycles. The van der Waals surface area contributed by atoms with Crippen LogP contribution in [0.5, 0.6) is 11.5 Å². The lowest BCUT2D eigenvalue weighted by Crippen LogP contribution is -2.74. The van der Waals surface area contributed by atoms with E-state index in [2.05, 4.69) is 49.3 Å². The number of carbonyl (C=O) groups is 5. The molecule has 59 heavy (non-hydrogen) atoms. The van der Waals surface area contributed by atoms with Crippen molar-refractivity contribution in [3.8, 4) is 17.6 Å². The second kappa shape index (κ2) is 15.6. The zero-order valence-electron chi connectivity index (χ0n) is 33.6. The minimum atomic E-state index is -1.01. The molecular formula is C45H48ClN5O8. The van der Waals surface area contributed by atoms with Crippen LogP contribution in [0.3, 0.4) is 0 Å². The van der Waals surface area contributed by atoms with Gasteiger partial charge in [0.1, 0.15) is 35.8 Å². The molecule has 5 amide bonds. The summed E-state index contributed by atoms with van der Waals surface area (Å²) in [6.07, 6.45) is 3.46. The summed E-state index contributed by atoms with van der Waals surface area (Å²) in [4.78, 5) is 66.8. The molecule has 2 N–H and O–H groups in total. The predicted octanol–water partition coefficient (Wildman–Crippen LogP) is 6.07. The average Bonchev–Trinajstić information content (AvgIpc) is 3.44. The van der Waals surface area contributed by atoms with Gasteiger partial charge in [-0.1, -0.05) is 39.3 Å². The summed E-state index contributed by atoms with van der Waals surface area (Å²) in [6.45, 7) is 10.8. The van der Waals surface area contributed by atoms with Crippen LogP contribution in [-0.4, -0.2) is 84.5 Å². The van der Waals surface area contributed by atoms with Crippen molar-refractivity contribution < 1.29 is 38.2 Å². The molecule has 0 bridgehead atoms. The third-order valence-corrected chi connectivity index (χ3v) is 13.2. The van der Waals surface area contributed by atoms with Crippen LogP contribution in [-0.2, 0) is 14.3 Å². The Balaban J connectivity index is 0.756. The molecule has 308 valence electrons. The fourth-order valence-electron chi connectivity index (χ4n) is 9.73. The number of fused-ring (bicyclic) bond motifs is 1. The Morgan fingerprint density at radius 1 is 0.864 bits per heavy atom. The maximum Gasteiger partial charge on any atom is 0.262 e. The third-order valence-electron chi connectivity index (χ3n) is 12.9. The number of rotatable bonds is 11. The van der Waals surface area contributed by atoms with E-state index in [9.17, 15) is 29.2 Å². The van der Waals surface area contributed by atoms with Gasteiger partial charge in [-0.3, -0.25) is 34.2 Å². The quantitative estimate of drug-likeness (QED) is 0.217. The molecule has 5 aliphatic rings. The Morgan fingerprint density at radius 3 is 2.19 bits per heavy atom. The SMILES string of the molecule is CC1(C)C(NC(=O)c2ccc(N3CCC(COC4CC(Oc5ccc6c(c5)C(=O)N(C5CCC(=O)NC5=O)C6=O)C4)CC3)cc2)C(C)(C)C1Oc1ccc(C#N)c(Cl)c1. The zero-order chi connectivity index (χ0) is 41.8. The van der Waals surface area contributed by atoms with E-state index in [1.807, 2.05) is 24.3 Å². The van der Waals surface area contributed by atoms with Crippen LogP contribution >= 0.6 is 11.6 Å². The van der Waals surface area contributed by atoms with Crippen LogP contribution in [0.15, 0.2) is 60.7 Å². The average molecular weight is 822 g/mol. The lowest BCUT2D eigenvalue weighted by atomic mass is 9.49. The Bertz CT molecular complexity index is 2220. The number of carbonyl (C=O) groups excluding carboxylic acids is 5. The highest BCUT2D eigenvalue weighted by Crippen LogP contribution is 2.55. The van der Waals surface area contributed by atoms with Crippen LogP contribution in [0.1, 0.15) is 103 Å². The van der Waals surface area contributed by atoms with Gasteiger partial charge in [-0.15, -0.1) is 0 Å². The van der Waals surface area contributed by atoms with Crippen molar-refractivity contribution in [2.75, 3.05) is 24.6 Å². The minimum Gasteiger partial charge on any atom is -0.490 e. The number of piperidine rings is 2. The number of amides is 5. The van der Waals surface area contributed by atoms with Crippen molar-refractivity contribution in [2.45, 2.75) is 96.6 Å². The van der Waals surface area contributed by atoms with Gasteiger partial charge in [-0.25, -0.2) is 0 Å². The maximum atomic E-state index is 13.5. The van der Waals surface area contributed by atoms with E-state index in [4.69, 9.17) is 25.8 Å². The van der Waals surface area contributed by atoms with Gasteiger partial charge < -0.3 is 24.4 Å². The molecule has 0 radical (unpaired) electrons. The van der Waals surface area contributed by atoms with Gasteiger partial charge in [0.05, 0.1) is 27.8 Å². The first-order valence-electron chi connectivity index (χ1n) is 20.3. The van der Waals surface area contributed by atoms with E-state index in [0.29, 0.717) is 40.2 Å². The van der Waals surface area contributed by atoms with Crippen molar-refractivity contribution >= 4 is 46.8 Å². The molecule has 1 atom stereocenters. The van der Waals surface area contributed by atoms with Gasteiger partial charge in [0.2, 0.25) is 11.8 Å². The van der Waals surface area contributed by atoms with E-state index in [1.165, 1.54) is 0 Å². The largest absolute Gasteiger partial charge is 0.490 e. The van der Waals surface area contributed by atoms with Crippen LogP contribution in [0.25, 0.3) is 0 Å². The summed E-state index contributed by atoms with van der Waals surface area (Å²) in [6, 6.07) is 18.6. The molecule has 1 unspecified atom stereocenters. The van der Waals surface area contributed by atoms with E-state index < -0.39 is 29.7 Å². The molecule has 3 aromatic carbocycles. The summed E-state index contributed by atoms with van der Waals surface area (Å²) >= 11 is 6.24. The standard InChI is InChI=1S/C45H48ClN5O8/c1-44(2)42(45(3,4)43(44)59-30-10-7-27(23-47)35(46)22-30)49-38(53)26-5-8-28(9-6-26)50-17-15-25(16-18-50)24-57-31-19-32(20-31)58-29-11-12-33-34(21-29)41(56)51(40(33)55)36-13-14-37(52)48-39(36)54/h5-12,21-22,25,31-32,36,42-43H,13-20,24H2,1-4H3,(H,49,53)(H,48,52,54). The number of anilines is 1. The number of ether oxygens (including phenoxy) is 3. The molecule has 3 aliphatic heterocycles. The van der Waals surface area contributed by atoms with Gasteiger partial charge in [-0.05, 0) is 79.8 Å². The second-order valence-corrected chi connectivity index (χ2v) is 18.0. The lowest BCUT2D eigenvalue weighted by molar-refractivity contribution is -0.164. The second-order valence-electron chi connectivity index (χ2n) is 17.6. The number of hydrogen-bond acceptors (Lipinski definition) is 10. The van der Waals surface area contributed by atoms with Crippen LogP contribution in [0.2, 0.25) is 5.02 Å². The molecule has 2 aliphatic carbocycles. The fourth-order valence-corrected chi connectivity index (χ4v) is 9.94. The first kappa shape index (κ1) is 40.3. The number of benzene rings is 3. The molecule has 14 heteroatoms. The monoisotopic (exact) mass is 821 g/mol. The number of nitriles is 1. The topological polar surface area (TPSA) is 167 Å². The highest BCUT2D eigenvalue weighted by Gasteiger charge is 2.64. The zero-order valence-corrected chi connectivity index (χ0v) is 34.3. The fraction of sp³-hybridized carbons (Fsp3) is 0.467. The first-order chi connectivity index (χ1) is 28.1. The van der Waals surface area contributed by atoms with Gasteiger partial charge in [-0.2, -0.15) is 5.26 Å². The van der Waals surface area contributed by atoms with E-state index >= 15 is 0 Å². The van der Waals surface area contributed by atoms with Gasteiger partial charge >= 0.3 is 0 Å². The van der Waals surface area contributed by atoms with E-state index in [0.717, 1.165) is 49.4 Å². The molecule has 4 fully saturated rings. The van der Waals surface area contributed by atoms with E-state index in [-0.39, 0.29) is 65.1 Å². The Labute approximate surface area is 348 Å². The number of halogens is 1. The van der Waals surface area contributed by atoms with Crippen molar-refractivity contribution in [1.29, 1.82) is 5.26 Å². The Morgan fingerprint density at radius 2 is 1.53 bits per heavy atom. The minimum absolute atomic E-state index is 0.0684. The Kier molecular flexibility index (Phi) is 10.7. The number of hydrogen-bond donors (Lipinski definition) is 2. The highest BCUT2D eigenvalue weighted by molar-refractivity contribution is 6.31. The molecule has 3 aromatic rings. The van der Waals surface area contributed by atoms with Crippen LogP contribution in [0, 0.1) is 28.1 Å². The van der Waals surface area contributed by atoms with Crippen molar-refractivity contribution in [3.05, 3.63) is 87.9 Å². The van der Waals surface area contributed by atoms with Crippen molar-refractivity contribution in [1.82, 2.24) is 15.5 Å². The van der Waals surface area contributed by atoms with Crippen molar-refractivity contribution in [3.63, 3.8) is 0 Å². The molecule has 8 rings (SSSR count). The summed E-state index contributed by atoms with van der Waals surface area (Å²) in [5.74, 6) is -0.753. The van der Waals surface area contributed by atoms with Gasteiger partial charge in [0.15, 0.2) is 0 Å². The molecule has 2 saturated heterocycles. The molecule has 0 spiro atoms. The first-order valence-corrected chi connectivity index (χ1v) is 20.7. The number of nitrogens with zero attached hydrogens (tertiary/aromatic N) is 3. The molecule has 3 heterocycles. The van der Waals surface area contributed by atoms with Crippen LogP contribution < -0.4 is 25.0 Å². The van der Waals surface area contributed by atoms with Gasteiger partial charge in [0.25, 0.3) is 17.7 Å². The molecule has 0 aromatic heterocycles. The normalized spacial score (nSPS) is 25.9. The highest BCUT2D eigenvalue weighted by atomic mass is 35.5. The Hall–Kier alpha value is -5.45. The smallest absolute Gasteiger partial charge is 0.262 e. The maximum absolute atomic E-state index is 13.5. The van der Waals surface area contributed by atoms with Gasteiger partial charge in [0, 0.05) is 73.1 Å². The summed E-state index contributed by atoms with van der Waals surface area (Å²) < 4.78 is 18.8. The lowest BCUT2D eigenvalue weighted by Gasteiger charge is -2.63. The third kappa shape index (κ3) is 7.64. The summed E-state index contributed by atoms with van der Waals surface area (Å²) in [5, 5.41) is 15.0. The number of nitrogens with one attached hydrogen (secondary N) is 2. The summed E-state index contributed by atoms with van der Waals surface area (Å²) in [7, 11) is 0.